The molecule has 1 rings (SSSR count). The van der Waals surface area contributed by atoms with E-state index in [-0.39, 0.29) is 0 Å². The molecule has 0 aromatic carbocycles. The van der Waals surface area contributed by atoms with Crippen molar-refractivity contribution in [1.82, 2.24) is 14.7 Å². The molecule has 1 amide bonds. The monoisotopic (exact) mass is 210 g/mol. The van der Waals surface area contributed by atoms with Gasteiger partial charge in [-0.15, -0.1) is 0 Å². The summed E-state index contributed by atoms with van der Waals surface area (Å²) in [5, 5.41) is 6.71. The third-order valence-electron chi connectivity index (χ3n) is 2.40. The molecule has 0 saturated carbocycles. The van der Waals surface area contributed by atoms with Gasteiger partial charge in [0.05, 0.1) is 18.4 Å². The normalized spacial score (nSPS) is 10.6. The number of aromatic nitrogens is 2. The highest BCUT2D eigenvalue weighted by atomic mass is 16.1. The van der Waals surface area contributed by atoms with E-state index in [1.807, 2.05) is 10.9 Å². The molecule has 1 heterocycles. The summed E-state index contributed by atoms with van der Waals surface area (Å²) in [5.74, 6) is 0. The first-order chi connectivity index (χ1) is 7.30. The molecule has 0 atom stereocenters. The van der Waals surface area contributed by atoms with Gasteiger partial charge in [-0.2, -0.15) is 5.10 Å². The van der Waals surface area contributed by atoms with Gasteiger partial charge in [-0.05, 0) is 13.1 Å². The Morgan fingerprint density at radius 3 is 2.87 bits per heavy atom. The Kier molecular flexibility index (Phi) is 4.83. The van der Waals surface area contributed by atoms with Gasteiger partial charge in [-0.3, -0.25) is 9.48 Å². The first kappa shape index (κ1) is 11.7. The molecule has 0 radical (unpaired) electrons. The summed E-state index contributed by atoms with van der Waals surface area (Å²) in [4.78, 5) is 12.5. The van der Waals surface area contributed by atoms with E-state index >= 15 is 0 Å². The second-order valence-electron chi connectivity index (χ2n) is 3.28. The number of nitrogens with one attached hydrogen (secondary N) is 1. The van der Waals surface area contributed by atoms with Crippen LogP contribution in [0.25, 0.3) is 0 Å². The van der Waals surface area contributed by atoms with Crippen LogP contribution in [0.15, 0.2) is 12.4 Å². The molecule has 0 aliphatic carbocycles. The van der Waals surface area contributed by atoms with E-state index in [2.05, 4.69) is 29.2 Å². The molecule has 1 aromatic heterocycles. The molecule has 1 N–H and O–H groups in total. The number of carbonyl (C=O) groups is 1. The molecule has 84 valence electrons. The number of rotatable bonds is 7. The average Bonchev–Trinajstić information content (AvgIpc) is 2.68. The first-order valence-corrected chi connectivity index (χ1v) is 5.25. The molecule has 0 bridgehead atoms. The summed E-state index contributed by atoms with van der Waals surface area (Å²) >= 11 is 0. The minimum atomic E-state index is 0.658. The third-order valence-corrected chi connectivity index (χ3v) is 2.40. The number of carbonyl (C=O) groups excluding carboxylic acids is 1. The number of amides is 1. The van der Waals surface area contributed by atoms with Gasteiger partial charge >= 0.3 is 0 Å². The molecule has 0 saturated heterocycles. The van der Waals surface area contributed by atoms with Crippen molar-refractivity contribution in [3.63, 3.8) is 0 Å². The van der Waals surface area contributed by atoms with Crippen molar-refractivity contribution in [2.75, 3.05) is 25.0 Å². The Morgan fingerprint density at radius 1 is 1.53 bits per heavy atom. The Bertz CT molecular complexity index is 293. The highest BCUT2D eigenvalue weighted by molar-refractivity contribution is 5.69. The summed E-state index contributed by atoms with van der Waals surface area (Å²) < 4.78 is 1.84. The van der Waals surface area contributed by atoms with Crippen molar-refractivity contribution in [2.24, 2.45) is 0 Å². The lowest BCUT2D eigenvalue weighted by molar-refractivity contribution is -0.105. The predicted molar refractivity (Wildman–Crippen MR) is 59.7 cm³/mol. The molecular weight excluding hydrogens is 192 g/mol. The zero-order chi connectivity index (χ0) is 11.1. The van der Waals surface area contributed by atoms with E-state index in [1.54, 1.807) is 6.20 Å². The van der Waals surface area contributed by atoms with Crippen molar-refractivity contribution in [1.29, 1.82) is 0 Å². The van der Waals surface area contributed by atoms with Crippen LogP contribution in [0, 0.1) is 0 Å². The van der Waals surface area contributed by atoms with E-state index in [0.29, 0.717) is 6.41 Å². The van der Waals surface area contributed by atoms with E-state index < -0.39 is 0 Å². The molecule has 0 unspecified atom stereocenters. The lowest BCUT2D eigenvalue weighted by atomic mass is 10.4. The Labute approximate surface area is 90.1 Å². The van der Waals surface area contributed by atoms with Crippen molar-refractivity contribution >= 4 is 12.1 Å². The fourth-order valence-electron chi connectivity index (χ4n) is 1.41. The van der Waals surface area contributed by atoms with E-state index in [4.69, 9.17) is 0 Å². The number of hydrogen-bond acceptors (Lipinski definition) is 3. The number of anilines is 1. The summed E-state index contributed by atoms with van der Waals surface area (Å²) in [6.45, 7) is 8.23. The van der Waals surface area contributed by atoms with Crippen LogP contribution in [-0.2, 0) is 11.3 Å². The second kappa shape index (κ2) is 6.19. The Balaban J connectivity index is 2.39. The van der Waals surface area contributed by atoms with Gasteiger partial charge in [-0.1, -0.05) is 13.8 Å². The molecule has 0 aliphatic heterocycles. The molecular formula is C10H18N4O. The Morgan fingerprint density at radius 2 is 2.27 bits per heavy atom. The molecule has 0 aliphatic rings. The molecule has 1 aromatic rings. The van der Waals surface area contributed by atoms with Gasteiger partial charge in [0, 0.05) is 12.7 Å². The fraction of sp³-hybridized carbons (Fsp3) is 0.600. The summed E-state index contributed by atoms with van der Waals surface area (Å²) in [5.41, 5.74) is 0.740. The summed E-state index contributed by atoms with van der Waals surface area (Å²) in [6, 6.07) is 0. The minimum Gasteiger partial charge on any atom is -0.326 e. The van der Waals surface area contributed by atoms with Crippen LogP contribution < -0.4 is 5.32 Å². The fourth-order valence-corrected chi connectivity index (χ4v) is 1.41. The van der Waals surface area contributed by atoms with Gasteiger partial charge < -0.3 is 10.2 Å². The minimum absolute atomic E-state index is 0.658. The van der Waals surface area contributed by atoms with Gasteiger partial charge in [0.25, 0.3) is 0 Å². The van der Waals surface area contributed by atoms with Crippen LogP contribution in [0.5, 0.6) is 0 Å². The summed E-state index contributed by atoms with van der Waals surface area (Å²) in [6.07, 6.45) is 4.14. The van der Waals surface area contributed by atoms with Crippen LogP contribution in [0.2, 0.25) is 0 Å². The van der Waals surface area contributed by atoms with Gasteiger partial charge in [0.1, 0.15) is 0 Å². The van der Waals surface area contributed by atoms with Gasteiger partial charge in [-0.25, -0.2) is 0 Å². The lowest BCUT2D eigenvalue weighted by Crippen LogP contribution is -2.27. The highest BCUT2D eigenvalue weighted by Gasteiger charge is 2.00. The van der Waals surface area contributed by atoms with Crippen molar-refractivity contribution in [2.45, 2.75) is 20.4 Å². The van der Waals surface area contributed by atoms with Crippen molar-refractivity contribution in [3.05, 3.63) is 12.4 Å². The quantitative estimate of drug-likeness (QED) is 0.677. The smallest absolute Gasteiger partial charge is 0.211 e. The molecule has 15 heavy (non-hydrogen) atoms. The van der Waals surface area contributed by atoms with E-state index in [9.17, 15) is 4.79 Å². The van der Waals surface area contributed by atoms with Crippen molar-refractivity contribution in [3.8, 4) is 0 Å². The molecule has 5 nitrogen and oxygen atoms in total. The van der Waals surface area contributed by atoms with Crippen LogP contribution in [-0.4, -0.2) is 40.7 Å². The topological polar surface area (TPSA) is 50.2 Å². The zero-order valence-electron chi connectivity index (χ0n) is 9.31. The molecule has 0 spiro atoms. The molecule has 5 heteroatoms. The average molecular weight is 210 g/mol. The number of likely N-dealkylation sites (N-methyl/N-ethyl adjacent to an activating group) is 1. The predicted octanol–water partition coefficient (Wildman–Crippen LogP) is 0.793. The van der Waals surface area contributed by atoms with Crippen LogP contribution in [0.4, 0.5) is 5.69 Å². The number of hydrogen-bond donors (Lipinski definition) is 1. The standard InChI is InChI=1S/C10H18N4O/c1-3-13(4-2)5-6-14-8-10(7-12-14)11-9-15/h7-9H,3-6H2,1-2H3,(H,11,15). The maximum absolute atomic E-state index is 10.2. The lowest BCUT2D eigenvalue weighted by Gasteiger charge is -2.17. The van der Waals surface area contributed by atoms with E-state index in [1.165, 1.54) is 0 Å². The SMILES string of the molecule is CCN(CC)CCn1cc(NC=O)cn1. The largest absolute Gasteiger partial charge is 0.326 e. The maximum Gasteiger partial charge on any atom is 0.211 e. The zero-order valence-corrected chi connectivity index (χ0v) is 9.31. The number of nitrogens with zero attached hydrogens (tertiary/aromatic N) is 3. The maximum atomic E-state index is 10.2. The van der Waals surface area contributed by atoms with Gasteiger partial charge in [0.2, 0.25) is 6.41 Å². The van der Waals surface area contributed by atoms with Crippen LogP contribution in [0.3, 0.4) is 0 Å². The van der Waals surface area contributed by atoms with Crippen LogP contribution >= 0.6 is 0 Å². The Hall–Kier alpha value is -1.36. The highest BCUT2D eigenvalue weighted by Crippen LogP contribution is 2.02. The summed E-state index contributed by atoms with van der Waals surface area (Å²) in [7, 11) is 0. The van der Waals surface area contributed by atoms with Crippen molar-refractivity contribution < 1.29 is 4.79 Å². The third kappa shape index (κ3) is 3.71. The first-order valence-electron chi connectivity index (χ1n) is 5.25. The molecule has 0 fully saturated rings. The second-order valence-corrected chi connectivity index (χ2v) is 3.28. The van der Waals surface area contributed by atoms with Crippen LogP contribution in [0.1, 0.15) is 13.8 Å². The van der Waals surface area contributed by atoms with E-state index in [0.717, 1.165) is 31.9 Å². The van der Waals surface area contributed by atoms with Gasteiger partial charge in [0.15, 0.2) is 0 Å².